The van der Waals surface area contributed by atoms with Crippen molar-refractivity contribution in [2.24, 2.45) is 5.92 Å². The van der Waals surface area contributed by atoms with Crippen molar-refractivity contribution in [3.05, 3.63) is 59.7 Å². The van der Waals surface area contributed by atoms with E-state index in [1.165, 1.54) is 17.7 Å². The molecular formula is C27H33NO5. The summed E-state index contributed by atoms with van der Waals surface area (Å²) in [5.41, 5.74) is 4.57. The average molecular weight is 452 g/mol. The minimum atomic E-state index is -1.07. The SMILES string of the molecule is CCCN(C(=O)OCC1c2ccccc2-c2ccccc21)[C@@H](COCC1CCCC1)C(=O)O. The fraction of sp³-hybridized carbons (Fsp3) is 0.481. The van der Waals surface area contributed by atoms with Gasteiger partial charge in [-0.2, -0.15) is 0 Å². The monoisotopic (exact) mass is 451 g/mol. The highest BCUT2D eigenvalue weighted by molar-refractivity contribution is 5.81. The molecule has 2 aromatic rings. The van der Waals surface area contributed by atoms with Gasteiger partial charge in [-0.25, -0.2) is 9.59 Å². The maximum atomic E-state index is 13.1. The van der Waals surface area contributed by atoms with E-state index in [0.29, 0.717) is 25.5 Å². The van der Waals surface area contributed by atoms with E-state index in [0.717, 1.165) is 35.1 Å². The molecule has 6 nitrogen and oxygen atoms in total. The summed E-state index contributed by atoms with van der Waals surface area (Å²) in [5, 5.41) is 9.82. The van der Waals surface area contributed by atoms with Crippen molar-refractivity contribution in [1.29, 1.82) is 0 Å². The summed E-state index contributed by atoms with van der Waals surface area (Å²) in [6.45, 7) is 2.93. The Labute approximate surface area is 195 Å². The minimum Gasteiger partial charge on any atom is -0.480 e. The van der Waals surface area contributed by atoms with Crippen LogP contribution in [0, 0.1) is 5.92 Å². The number of aliphatic carboxylic acids is 1. The number of carbonyl (C=O) groups excluding carboxylic acids is 1. The molecule has 0 aromatic heterocycles. The van der Waals surface area contributed by atoms with E-state index in [4.69, 9.17) is 9.47 Å². The van der Waals surface area contributed by atoms with E-state index in [1.54, 1.807) is 0 Å². The second-order valence-corrected chi connectivity index (χ2v) is 9.04. The third-order valence-electron chi connectivity index (χ3n) is 6.80. The Balaban J connectivity index is 1.42. The van der Waals surface area contributed by atoms with Crippen LogP contribution in [0.3, 0.4) is 0 Å². The Morgan fingerprint density at radius 2 is 1.61 bits per heavy atom. The van der Waals surface area contributed by atoms with Crippen LogP contribution in [-0.2, 0) is 14.3 Å². The maximum Gasteiger partial charge on any atom is 0.410 e. The molecule has 2 aliphatic rings. The van der Waals surface area contributed by atoms with Gasteiger partial charge < -0.3 is 14.6 Å². The molecule has 2 aliphatic carbocycles. The zero-order chi connectivity index (χ0) is 23.2. The van der Waals surface area contributed by atoms with Crippen LogP contribution >= 0.6 is 0 Å². The molecule has 33 heavy (non-hydrogen) atoms. The summed E-state index contributed by atoms with van der Waals surface area (Å²) < 4.78 is 11.5. The van der Waals surface area contributed by atoms with Gasteiger partial charge in [0.05, 0.1) is 6.61 Å². The number of benzene rings is 2. The van der Waals surface area contributed by atoms with Crippen LogP contribution in [0.2, 0.25) is 0 Å². The van der Waals surface area contributed by atoms with Gasteiger partial charge in [0.1, 0.15) is 6.61 Å². The van der Waals surface area contributed by atoms with Crippen LogP contribution in [0.4, 0.5) is 4.79 Å². The Morgan fingerprint density at radius 1 is 1.00 bits per heavy atom. The fourth-order valence-electron chi connectivity index (χ4n) is 5.11. The van der Waals surface area contributed by atoms with E-state index < -0.39 is 18.1 Å². The number of amides is 1. The summed E-state index contributed by atoms with van der Waals surface area (Å²) in [7, 11) is 0. The molecule has 1 amide bonds. The maximum absolute atomic E-state index is 13.1. The number of rotatable bonds is 10. The molecule has 0 aliphatic heterocycles. The lowest BCUT2D eigenvalue weighted by Crippen LogP contribution is -2.48. The van der Waals surface area contributed by atoms with E-state index in [9.17, 15) is 14.7 Å². The summed E-state index contributed by atoms with van der Waals surface area (Å²) in [6, 6.07) is 15.2. The lowest BCUT2D eigenvalue weighted by Gasteiger charge is -2.28. The van der Waals surface area contributed by atoms with Gasteiger partial charge in [0.25, 0.3) is 0 Å². The van der Waals surface area contributed by atoms with Gasteiger partial charge in [0.2, 0.25) is 0 Å². The first-order chi connectivity index (χ1) is 16.1. The number of hydrogen-bond acceptors (Lipinski definition) is 4. The number of fused-ring (bicyclic) bond motifs is 3. The molecule has 0 spiro atoms. The smallest absolute Gasteiger partial charge is 0.410 e. The average Bonchev–Trinajstić information content (AvgIpc) is 3.45. The number of carboxylic acids is 1. The first kappa shape index (κ1) is 23.3. The predicted molar refractivity (Wildman–Crippen MR) is 126 cm³/mol. The number of ether oxygens (including phenoxy) is 2. The van der Waals surface area contributed by atoms with Crippen molar-refractivity contribution in [2.75, 3.05) is 26.4 Å². The fourth-order valence-corrected chi connectivity index (χ4v) is 5.11. The zero-order valence-corrected chi connectivity index (χ0v) is 19.2. The molecule has 1 atom stereocenters. The molecule has 0 radical (unpaired) electrons. The topological polar surface area (TPSA) is 76.1 Å². The second-order valence-electron chi connectivity index (χ2n) is 9.04. The lowest BCUT2D eigenvalue weighted by atomic mass is 9.98. The summed E-state index contributed by atoms with van der Waals surface area (Å²) in [6.07, 6.45) is 4.70. The molecule has 0 saturated heterocycles. The summed E-state index contributed by atoms with van der Waals surface area (Å²) in [5.74, 6) is -0.636. The molecule has 2 aromatic carbocycles. The molecule has 4 rings (SSSR count). The Hall–Kier alpha value is -2.86. The number of hydrogen-bond donors (Lipinski definition) is 1. The van der Waals surface area contributed by atoms with Crippen LogP contribution in [0.25, 0.3) is 11.1 Å². The molecule has 6 heteroatoms. The Kier molecular flexibility index (Phi) is 7.65. The van der Waals surface area contributed by atoms with Gasteiger partial charge in [-0.3, -0.25) is 4.90 Å². The quantitative estimate of drug-likeness (QED) is 0.530. The van der Waals surface area contributed by atoms with Crippen molar-refractivity contribution in [1.82, 2.24) is 4.90 Å². The van der Waals surface area contributed by atoms with Crippen LogP contribution < -0.4 is 0 Å². The molecule has 1 saturated carbocycles. The van der Waals surface area contributed by atoms with Gasteiger partial charge in [-0.15, -0.1) is 0 Å². The van der Waals surface area contributed by atoms with Crippen LogP contribution in [0.5, 0.6) is 0 Å². The van der Waals surface area contributed by atoms with Gasteiger partial charge >= 0.3 is 12.1 Å². The molecule has 1 fully saturated rings. The molecule has 0 unspecified atom stereocenters. The van der Waals surface area contributed by atoms with Gasteiger partial charge in [0.15, 0.2) is 6.04 Å². The standard InChI is InChI=1S/C27H33NO5/c1-2-15-28(25(26(29)30)18-32-16-19-9-3-4-10-19)27(31)33-17-24-22-13-7-5-11-20(22)21-12-6-8-14-23(21)24/h5-8,11-14,19,24-25H,2-4,9-10,15-18H2,1H3,(H,29,30)/t25-/m0/s1. The number of carboxylic acid groups (broad SMARTS) is 1. The van der Waals surface area contributed by atoms with Crippen LogP contribution in [0.1, 0.15) is 56.1 Å². The molecule has 0 heterocycles. The molecule has 1 N–H and O–H groups in total. The normalized spacial score (nSPS) is 16.3. The largest absolute Gasteiger partial charge is 0.480 e. The van der Waals surface area contributed by atoms with Crippen molar-refractivity contribution in [3.8, 4) is 11.1 Å². The third-order valence-corrected chi connectivity index (χ3v) is 6.80. The van der Waals surface area contributed by atoms with Crippen molar-refractivity contribution >= 4 is 12.1 Å². The molecular weight excluding hydrogens is 418 g/mol. The van der Waals surface area contributed by atoms with Gasteiger partial charge in [-0.05, 0) is 47.4 Å². The van der Waals surface area contributed by atoms with E-state index in [1.807, 2.05) is 31.2 Å². The van der Waals surface area contributed by atoms with Gasteiger partial charge in [-0.1, -0.05) is 68.3 Å². The molecule has 0 bridgehead atoms. The van der Waals surface area contributed by atoms with Gasteiger partial charge in [0, 0.05) is 19.1 Å². The third kappa shape index (κ3) is 5.22. The zero-order valence-electron chi connectivity index (χ0n) is 19.2. The first-order valence-corrected chi connectivity index (χ1v) is 12.0. The van der Waals surface area contributed by atoms with Crippen molar-refractivity contribution in [3.63, 3.8) is 0 Å². The van der Waals surface area contributed by atoms with Crippen molar-refractivity contribution in [2.45, 2.75) is 51.0 Å². The van der Waals surface area contributed by atoms with Crippen molar-refractivity contribution < 1.29 is 24.2 Å². The predicted octanol–water partition coefficient (Wildman–Crippen LogP) is 5.31. The summed E-state index contributed by atoms with van der Waals surface area (Å²) in [4.78, 5) is 26.4. The number of nitrogens with zero attached hydrogens (tertiary/aromatic N) is 1. The minimum absolute atomic E-state index is 0.0178. The van der Waals surface area contributed by atoms with E-state index in [2.05, 4.69) is 24.3 Å². The Morgan fingerprint density at radius 3 is 2.18 bits per heavy atom. The van der Waals surface area contributed by atoms with Crippen LogP contribution in [0.15, 0.2) is 48.5 Å². The van der Waals surface area contributed by atoms with E-state index >= 15 is 0 Å². The highest BCUT2D eigenvalue weighted by atomic mass is 16.6. The lowest BCUT2D eigenvalue weighted by molar-refractivity contribution is -0.145. The Bertz CT molecular complexity index is 923. The van der Waals surface area contributed by atoms with E-state index in [-0.39, 0.29) is 19.1 Å². The highest BCUT2D eigenvalue weighted by Crippen LogP contribution is 2.44. The number of carbonyl (C=O) groups is 2. The molecule has 176 valence electrons. The highest BCUT2D eigenvalue weighted by Gasteiger charge is 2.33. The second kappa shape index (κ2) is 10.8. The first-order valence-electron chi connectivity index (χ1n) is 12.0. The summed E-state index contributed by atoms with van der Waals surface area (Å²) >= 11 is 0. The van der Waals surface area contributed by atoms with Crippen LogP contribution in [-0.4, -0.2) is 54.5 Å².